The zero-order chi connectivity index (χ0) is 16.0. The van der Waals surface area contributed by atoms with Gasteiger partial charge in [0.15, 0.2) is 0 Å². The van der Waals surface area contributed by atoms with Crippen LogP contribution in [0.3, 0.4) is 0 Å². The van der Waals surface area contributed by atoms with Gasteiger partial charge in [0.05, 0.1) is 0 Å². The minimum Gasteiger partial charge on any atom is -0.443 e. The van der Waals surface area contributed by atoms with Gasteiger partial charge in [0.1, 0.15) is 5.60 Å². The lowest BCUT2D eigenvalue weighted by Crippen LogP contribution is -2.41. The maximum atomic E-state index is 12.2. The van der Waals surface area contributed by atoms with Crippen molar-refractivity contribution in [1.29, 1.82) is 0 Å². The summed E-state index contributed by atoms with van der Waals surface area (Å²) < 4.78 is 5.44. The Morgan fingerprint density at radius 3 is 2.64 bits per heavy atom. The fourth-order valence-electron chi connectivity index (χ4n) is 3.36. The molecule has 118 valence electrons. The summed E-state index contributed by atoms with van der Waals surface area (Å²) in [5, 5.41) is 0. The Morgan fingerprint density at radius 2 is 2.00 bits per heavy atom. The number of benzene rings is 1. The van der Waals surface area contributed by atoms with Crippen LogP contribution >= 0.6 is 0 Å². The summed E-state index contributed by atoms with van der Waals surface area (Å²) in [4.78, 5) is 16.1. The van der Waals surface area contributed by atoms with Crippen molar-refractivity contribution < 1.29 is 9.53 Å². The molecule has 4 heteroatoms. The molecule has 1 amide bonds. The number of anilines is 1. The first-order valence-corrected chi connectivity index (χ1v) is 7.80. The maximum Gasteiger partial charge on any atom is 0.414 e. The van der Waals surface area contributed by atoms with E-state index in [1.54, 1.807) is 4.90 Å². The topological polar surface area (TPSA) is 32.8 Å². The lowest BCUT2D eigenvalue weighted by Gasteiger charge is -2.35. The van der Waals surface area contributed by atoms with Crippen molar-refractivity contribution in [3.63, 3.8) is 0 Å². The predicted molar refractivity (Wildman–Crippen MR) is 88.1 cm³/mol. The lowest BCUT2D eigenvalue weighted by molar-refractivity contribution is 0.0316. The summed E-state index contributed by atoms with van der Waals surface area (Å²) in [6.07, 6.45) is 4.72. The molecule has 0 aliphatic carbocycles. The molecule has 1 aromatic rings. The largest absolute Gasteiger partial charge is 0.443 e. The molecule has 1 unspecified atom stereocenters. The highest BCUT2D eigenvalue weighted by Crippen LogP contribution is 2.44. The molecule has 2 aliphatic rings. The minimum atomic E-state index is -0.458. The predicted octanol–water partition coefficient (Wildman–Crippen LogP) is 3.53. The van der Waals surface area contributed by atoms with Crippen LogP contribution < -0.4 is 4.90 Å². The van der Waals surface area contributed by atoms with Crippen LogP contribution in [0.25, 0.3) is 0 Å². The maximum absolute atomic E-state index is 12.2. The van der Waals surface area contributed by atoms with E-state index < -0.39 is 5.60 Å². The Kier molecular flexibility index (Phi) is 3.42. The first kappa shape index (κ1) is 14.9. The lowest BCUT2D eigenvalue weighted by atomic mass is 9.78. The van der Waals surface area contributed by atoms with Crippen molar-refractivity contribution in [2.24, 2.45) is 0 Å². The zero-order valence-electron chi connectivity index (χ0n) is 13.8. The highest BCUT2D eigenvalue weighted by Gasteiger charge is 2.41. The molecule has 1 atom stereocenters. The van der Waals surface area contributed by atoms with Crippen molar-refractivity contribution in [2.45, 2.75) is 38.2 Å². The number of hydrogen-bond acceptors (Lipinski definition) is 3. The second-order valence-corrected chi connectivity index (χ2v) is 7.27. The van der Waals surface area contributed by atoms with E-state index in [0.717, 1.165) is 13.0 Å². The minimum absolute atomic E-state index is 0.0177. The molecule has 0 saturated carbocycles. The molecule has 2 aliphatic heterocycles. The van der Waals surface area contributed by atoms with E-state index in [-0.39, 0.29) is 11.5 Å². The second kappa shape index (κ2) is 5.04. The molecule has 4 nitrogen and oxygen atoms in total. The summed E-state index contributed by atoms with van der Waals surface area (Å²) in [6.45, 7) is 7.32. The van der Waals surface area contributed by atoms with Crippen molar-refractivity contribution in [2.75, 3.05) is 25.0 Å². The van der Waals surface area contributed by atoms with Gasteiger partial charge in [-0.15, -0.1) is 0 Å². The smallest absolute Gasteiger partial charge is 0.414 e. The number of rotatable bonds is 0. The van der Waals surface area contributed by atoms with Crippen LogP contribution in [0.5, 0.6) is 0 Å². The van der Waals surface area contributed by atoms with Gasteiger partial charge in [0, 0.05) is 37.4 Å². The zero-order valence-corrected chi connectivity index (χ0v) is 13.8. The SMILES string of the molecule is CN1CC2(C=CN(C(=O)OC(C)(C)C)CC2)c2ccccc21. The monoisotopic (exact) mass is 300 g/mol. The highest BCUT2D eigenvalue weighted by atomic mass is 16.6. The molecule has 0 fully saturated rings. The molecule has 1 spiro atoms. The van der Waals surface area contributed by atoms with Gasteiger partial charge in [-0.1, -0.05) is 24.3 Å². The Morgan fingerprint density at radius 1 is 1.27 bits per heavy atom. The summed E-state index contributed by atoms with van der Waals surface area (Å²) in [7, 11) is 2.13. The van der Waals surface area contributed by atoms with E-state index in [4.69, 9.17) is 4.74 Å². The van der Waals surface area contributed by atoms with Gasteiger partial charge < -0.3 is 9.64 Å². The number of nitrogens with zero attached hydrogens (tertiary/aromatic N) is 2. The van der Waals surface area contributed by atoms with Crippen LogP contribution in [0.4, 0.5) is 10.5 Å². The van der Waals surface area contributed by atoms with E-state index in [1.807, 2.05) is 27.0 Å². The van der Waals surface area contributed by atoms with E-state index >= 15 is 0 Å². The molecule has 2 heterocycles. The molecular weight excluding hydrogens is 276 g/mol. The Labute approximate surface area is 132 Å². The van der Waals surface area contributed by atoms with Crippen LogP contribution in [0.15, 0.2) is 36.5 Å². The number of likely N-dealkylation sites (N-methyl/N-ethyl adjacent to an activating group) is 1. The second-order valence-electron chi connectivity index (χ2n) is 7.27. The van der Waals surface area contributed by atoms with Crippen molar-refractivity contribution in [3.05, 3.63) is 42.1 Å². The molecule has 0 N–H and O–H groups in total. The molecule has 0 aromatic heterocycles. The fraction of sp³-hybridized carbons (Fsp3) is 0.500. The van der Waals surface area contributed by atoms with Gasteiger partial charge in [-0.2, -0.15) is 0 Å². The third-order valence-electron chi connectivity index (χ3n) is 4.37. The van der Waals surface area contributed by atoms with Crippen molar-refractivity contribution in [3.8, 4) is 0 Å². The molecule has 22 heavy (non-hydrogen) atoms. The summed E-state index contributed by atoms with van der Waals surface area (Å²) in [5.41, 5.74) is 2.21. The van der Waals surface area contributed by atoms with Crippen molar-refractivity contribution in [1.82, 2.24) is 4.90 Å². The normalized spacial score (nSPS) is 23.8. The van der Waals surface area contributed by atoms with Crippen LogP contribution in [-0.2, 0) is 10.2 Å². The van der Waals surface area contributed by atoms with Gasteiger partial charge in [0.2, 0.25) is 0 Å². The number of carbonyl (C=O) groups is 1. The molecule has 1 aromatic carbocycles. The first-order chi connectivity index (χ1) is 10.3. The molecular formula is C18H24N2O2. The number of carbonyl (C=O) groups excluding carboxylic acids is 1. The fourth-order valence-corrected chi connectivity index (χ4v) is 3.36. The standard InChI is InChI=1S/C18H24N2O2/c1-17(2,3)22-16(21)20-11-9-18(10-12-20)13-19(4)15-8-6-5-7-14(15)18/h5-9,11H,10,12-13H2,1-4H3. The Balaban J connectivity index is 1.81. The van der Waals surface area contributed by atoms with E-state index in [1.165, 1.54) is 11.3 Å². The molecule has 0 saturated heterocycles. The quantitative estimate of drug-likeness (QED) is 0.735. The Bertz CT molecular complexity index is 618. The average molecular weight is 300 g/mol. The number of para-hydroxylation sites is 1. The highest BCUT2D eigenvalue weighted by molar-refractivity contribution is 5.71. The first-order valence-electron chi connectivity index (χ1n) is 7.80. The number of hydrogen-bond donors (Lipinski definition) is 0. The molecule has 0 radical (unpaired) electrons. The van der Waals surface area contributed by atoms with Crippen molar-refractivity contribution >= 4 is 11.8 Å². The van der Waals surface area contributed by atoms with E-state index in [0.29, 0.717) is 6.54 Å². The summed E-state index contributed by atoms with van der Waals surface area (Å²) in [5.74, 6) is 0. The summed E-state index contributed by atoms with van der Waals surface area (Å²) >= 11 is 0. The van der Waals surface area contributed by atoms with E-state index in [9.17, 15) is 4.79 Å². The Hall–Kier alpha value is -1.97. The van der Waals surface area contributed by atoms with Gasteiger partial charge in [0.25, 0.3) is 0 Å². The van der Waals surface area contributed by atoms with Gasteiger partial charge in [-0.25, -0.2) is 4.79 Å². The molecule has 0 bridgehead atoms. The third kappa shape index (κ3) is 2.58. The van der Waals surface area contributed by atoms with Gasteiger partial charge >= 0.3 is 6.09 Å². The number of fused-ring (bicyclic) bond motifs is 2. The van der Waals surface area contributed by atoms with Crippen LogP contribution in [0, 0.1) is 0 Å². The molecule has 3 rings (SSSR count). The number of ether oxygens (including phenoxy) is 1. The van der Waals surface area contributed by atoms with Crippen LogP contribution in [0.2, 0.25) is 0 Å². The average Bonchev–Trinajstić information content (AvgIpc) is 2.71. The third-order valence-corrected chi connectivity index (χ3v) is 4.37. The summed E-state index contributed by atoms with van der Waals surface area (Å²) in [6, 6.07) is 8.53. The van der Waals surface area contributed by atoms with Gasteiger partial charge in [-0.05, 0) is 38.8 Å². The number of amides is 1. The van der Waals surface area contributed by atoms with Crippen LogP contribution in [0.1, 0.15) is 32.8 Å². The van der Waals surface area contributed by atoms with Gasteiger partial charge in [-0.3, -0.25) is 4.90 Å². The van der Waals surface area contributed by atoms with Crippen LogP contribution in [-0.4, -0.2) is 36.7 Å². The van der Waals surface area contributed by atoms with E-state index in [2.05, 4.69) is 42.3 Å².